The summed E-state index contributed by atoms with van der Waals surface area (Å²) in [4.78, 5) is 0. The molecule has 118 valence electrons. The van der Waals surface area contributed by atoms with Gasteiger partial charge in [-0.1, -0.05) is 51.7 Å². The van der Waals surface area contributed by atoms with Gasteiger partial charge in [0.25, 0.3) is 0 Å². The summed E-state index contributed by atoms with van der Waals surface area (Å²) < 4.78 is 0. The van der Waals surface area contributed by atoms with Crippen molar-refractivity contribution in [2.24, 2.45) is 34.5 Å². The largest absolute Gasteiger partial charge is 0.0839 e. The second-order valence-corrected chi connectivity index (χ2v) is 9.20. The minimum atomic E-state index is 0.590. The molecule has 0 bridgehead atoms. The number of allylic oxidation sites excluding steroid dienone is 2. The fraction of sp³-hybridized carbons (Fsp3) is 0.905. The van der Waals surface area contributed by atoms with E-state index in [0.717, 1.165) is 23.7 Å². The zero-order chi connectivity index (χ0) is 14.7. The normalized spacial score (nSPS) is 52.6. The fourth-order valence-electron chi connectivity index (χ4n) is 7.33. The van der Waals surface area contributed by atoms with Crippen LogP contribution < -0.4 is 0 Å². The van der Waals surface area contributed by atoms with Crippen LogP contribution in [0.15, 0.2) is 11.6 Å². The van der Waals surface area contributed by atoms with Crippen molar-refractivity contribution in [3.63, 3.8) is 0 Å². The van der Waals surface area contributed by atoms with Crippen molar-refractivity contribution >= 4 is 0 Å². The molecule has 3 saturated carbocycles. The van der Waals surface area contributed by atoms with Crippen molar-refractivity contribution in [2.75, 3.05) is 0 Å². The maximum Gasteiger partial charge on any atom is -0.00853 e. The van der Waals surface area contributed by atoms with Crippen LogP contribution in [0.1, 0.15) is 85.0 Å². The Bertz CT molecular complexity index is 447. The Kier molecular flexibility index (Phi) is 3.32. The molecule has 0 N–H and O–H groups in total. The highest BCUT2D eigenvalue weighted by Crippen LogP contribution is 2.65. The molecule has 0 heterocycles. The number of hydrogen-bond donors (Lipinski definition) is 0. The molecule has 1 unspecified atom stereocenters. The van der Waals surface area contributed by atoms with E-state index in [4.69, 9.17) is 0 Å². The van der Waals surface area contributed by atoms with E-state index in [0.29, 0.717) is 10.8 Å². The average molecular weight is 287 g/mol. The quantitative estimate of drug-likeness (QED) is 0.492. The summed E-state index contributed by atoms with van der Waals surface area (Å²) in [6.07, 6.45) is 17.6. The van der Waals surface area contributed by atoms with Gasteiger partial charge in [-0.05, 0) is 79.4 Å². The molecule has 0 aromatic carbocycles. The van der Waals surface area contributed by atoms with Gasteiger partial charge in [0.2, 0.25) is 0 Å². The Hall–Kier alpha value is -0.260. The summed E-state index contributed by atoms with van der Waals surface area (Å²) in [5.41, 5.74) is 3.17. The van der Waals surface area contributed by atoms with Gasteiger partial charge in [0, 0.05) is 0 Å². The van der Waals surface area contributed by atoms with Crippen molar-refractivity contribution < 1.29 is 0 Å². The van der Waals surface area contributed by atoms with Crippen LogP contribution in [0.25, 0.3) is 0 Å². The van der Waals surface area contributed by atoms with Crippen molar-refractivity contribution in [3.8, 4) is 0 Å². The summed E-state index contributed by atoms with van der Waals surface area (Å²) in [5.74, 6) is 3.99. The Morgan fingerprint density at radius 2 is 1.90 bits per heavy atom. The average Bonchev–Trinajstić information content (AvgIpc) is 2.83. The molecule has 3 fully saturated rings. The molecule has 6 atom stereocenters. The Morgan fingerprint density at radius 3 is 2.71 bits per heavy atom. The first-order chi connectivity index (χ1) is 10.1. The molecule has 4 aliphatic carbocycles. The second kappa shape index (κ2) is 4.87. The minimum absolute atomic E-state index is 0.590. The first kappa shape index (κ1) is 14.3. The Morgan fingerprint density at radius 1 is 1.05 bits per heavy atom. The van der Waals surface area contributed by atoms with Gasteiger partial charge < -0.3 is 0 Å². The lowest BCUT2D eigenvalue weighted by atomic mass is 9.49. The molecule has 4 aliphatic rings. The molecular formula is C21H34. The minimum Gasteiger partial charge on any atom is -0.0839 e. The molecule has 0 aromatic heterocycles. The summed E-state index contributed by atoms with van der Waals surface area (Å²) in [7, 11) is 0. The monoisotopic (exact) mass is 286 g/mol. The SMILES string of the molecule is CC[C@@H]1CC[C@H]2[C@@H]3CCC4CCCC[C@]4(C)C3=CC[C@]12C. The molecule has 0 saturated heterocycles. The first-order valence-electron chi connectivity index (χ1n) is 9.80. The molecule has 0 aliphatic heterocycles. The highest BCUT2D eigenvalue weighted by atomic mass is 14.6. The van der Waals surface area contributed by atoms with Gasteiger partial charge in [0.15, 0.2) is 0 Å². The summed E-state index contributed by atoms with van der Waals surface area (Å²) in [6, 6.07) is 0. The third-order valence-electron chi connectivity index (χ3n) is 8.63. The van der Waals surface area contributed by atoms with Crippen LogP contribution in [0, 0.1) is 34.5 Å². The van der Waals surface area contributed by atoms with Crippen LogP contribution in [-0.4, -0.2) is 0 Å². The van der Waals surface area contributed by atoms with Crippen LogP contribution in [0.3, 0.4) is 0 Å². The smallest absolute Gasteiger partial charge is 0.00853 e. The van der Waals surface area contributed by atoms with Gasteiger partial charge in [0.05, 0.1) is 0 Å². The Labute approximate surface area is 131 Å². The van der Waals surface area contributed by atoms with Crippen molar-refractivity contribution in [1.82, 2.24) is 0 Å². The molecule has 21 heavy (non-hydrogen) atoms. The number of rotatable bonds is 1. The van der Waals surface area contributed by atoms with E-state index in [2.05, 4.69) is 26.8 Å². The summed E-state index contributed by atoms with van der Waals surface area (Å²) in [5, 5.41) is 0. The van der Waals surface area contributed by atoms with Crippen LogP contribution in [0.2, 0.25) is 0 Å². The van der Waals surface area contributed by atoms with E-state index in [9.17, 15) is 0 Å². The van der Waals surface area contributed by atoms with Gasteiger partial charge in [-0.25, -0.2) is 0 Å². The van der Waals surface area contributed by atoms with Gasteiger partial charge in [0.1, 0.15) is 0 Å². The van der Waals surface area contributed by atoms with Crippen LogP contribution >= 0.6 is 0 Å². The van der Waals surface area contributed by atoms with Crippen LogP contribution in [0.4, 0.5) is 0 Å². The van der Waals surface area contributed by atoms with Gasteiger partial charge >= 0.3 is 0 Å². The third-order valence-corrected chi connectivity index (χ3v) is 8.63. The molecule has 4 rings (SSSR count). The molecule has 0 radical (unpaired) electrons. The summed E-state index contributed by atoms with van der Waals surface area (Å²) >= 11 is 0. The second-order valence-electron chi connectivity index (χ2n) is 9.20. The van der Waals surface area contributed by atoms with Crippen molar-refractivity contribution in [2.45, 2.75) is 85.0 Å². The third kappa shape index (κ3) is 1.86. The van der Waals surface area contributed by atoms with Crippen LogP contribution in [-0.2, 0) is 0 Å². The Balaban J connectivity index is 1.70. The van der Waals surface area contributed by atoms with Crippen LogP contribution in [0.5, 0.6) is 0 Å². The molecule has 0 nitrogen and oxygen atoms in total. The number of fused-ring (bicyclic) bond motifs is 5. The molecule has 0 spiro atoms. The van der Waals surface area contributed by atoms with Crippen molar-refractivity contribution in [1.29, 1.82) is 0 Å². The van der Waals surface area contributed by atoms with E-state index >= 15 is 0 Å². The van der Waals surface area contributed by atoms with E-state index in [1.807, 2.05) is 5.57 Å². The zero-order valence-electron chi connectivity index (χ0n) is 14.5. The zero-order valence-corrected chi connectivity index (χ0v) is 14.5. The predicted octanol–water partition coefficient (Wildman–Crippen LogP) is 6.37. The lowest BCUT2D eigenvalue weighted by molar-refractivity contribution is 0.0297. The lowest BCUT2D eigenvalue weighted by Crippen LogP contribution is -2.46. The number of hydrogen-bond acceptors (Lipinski definition) is 0. The maximum absolute atomic E-state index is 2.77. The highest BCUT2D eigenvalue weighted by Gasteiger charge is 2.55. The molecule has 0 heteroatoms. The van der Waals surface area contributed by atoms with Crippen molar-refractivity contribution in [3.05, 3.63) is 11.6 Å². The van der Waals surface area contributed by atoms with Gasteiger partial charge in [-0.15, -0.1) is 0 Å². The van der Waals surface area contributed by atoms with E-state index in [1.165, 1.54) is 64.2 Å². The summed E-state index contributed by atoms with van der Waals surface area (Å²) in [6.45, 7) is 7.71. The standard InChI is InChI=1S/C21H34/c1-4-15-9-11-18-17-10-8-16-7-5-6-13-20(16,2)19(17)12-14-21(15,18)3/h12,15-18H,4-11,13-14H2,1-3H3/t15-,16?,17+,18+,20+,21-/m1/s1. The predicted molar refractivity (Wildman–Crippen MR) is 90.1 cm³/mol. The first-order valence-corrected chi connectivity index (χ1v) is 9.80. The molecule has 0 aromatic rings. The maximum atomic E-state index is 2.77. The van der Waals surface area contributed by atoms with E-state index in [1.54, 1.807) is 0 Å². The topological polar surface area (TPSA) is 0 Å². The van der Waals surface area contributed by atoms with Gasteiger partial charge in [-0.2, -0.15) is 0 Å². The highest BCUT2D eigenvalue weighted by molar-refractivity contribution is 5.28. The van der Waals surface area contributed by atoms with E-state index < -0.39 is 0 Å². The lowest BCUT2D eigenvalue weighted by Gasteiger charge is -2.56. The molecule has 0 amide bonds. The van der Waals surface area contributed by atoms with Gasteiger partial charge in [-0.3, -0.25) is 0 Å². The van der Waals surface area contributed by atoms with E-state index in [-0.39, 0.29) is 0 Å². The fourth-order valence-corrected chi connectivity index (χ4v) is 7.33. The molecular weight excluding hydrogens is 252 g/mol.